The van der Waals surface area contributed by atoms with E-state index < -0.39 is 5.97 Å². The summed E-state index contributed by atoms with van der Waals surface area (Å²) >= 11 is 0. The SMILES string of the molecule is CN(C)CC1CC2c3ccccc3Oc3ccc(C(=O)O)cc3N2O1.O. The minimum atomic E-state index is -0.967. The molecule has 138 valence electrons. The van der Waals surface area contributed by atoms with Crippen LogP contribution in [-0.4, -0.2) is 48.2 Å². The van der Waals surface area contributed by atoms with Crippen molar-refractivity contribution in [2.75, 3.05) is 25.7 Å². The molecule has 1 fully saturated rings. The van der Waals surface area contributed by atoms with Gasteiger partial charge in [0, 0.05) is 18.5 Å². The molecule has 2 unspecified atom stereocenters. The minimum absolute atomic E-state index is 0. The number of ether oxygens (including phenoxy) is 1. The summed E-state index contributed by atoms with van der Waals surface area (Å²) in [6, 6.07) is 12.8. The molecule has 0 spiro atoms. The van der Waals surface area contributed by atoms with Crippen molar-refractivity contribution in [3.63, 3.8) is 0 Å². The standard InChI is InChI=1S/C19H20N2O4.H2O/c1-20(2)11-13-10-15-14-5-3-4-6-17(14)24-18-8-7-12(19(22)23)9-16(18)21(15)25-13;/h3-9,13,15H,10-11H2,1-2H3,(H,22,23);1H2. The fourth-order valence-corrected chi connectivity index (χ4v) is 3.49. The molecule has 2 aromatic carbocycles. The lowest BCUT2D eigenvalue weighted by Gasteiger charge is -2.24. The maximum atomic E-state index is 11.4. The molecule has 2 aliphatic rings. The smallest absolute Gasteiger partial charge is 0.335 e. The van der Waals surface area contributed by atoms with Gasteiger partial charge in [-0.05, 0) is 38.4 Å². The summed E-state index contributed by atoms with van der Waals surface area (Å²) in [6.07, 6.45) is 0.849. The second-order valence-electron chi connectivity index (χ2n) is 6.69. The first kappa shape index (κ1) is 18.2. The Morgan fingerprint density at radius 1 is 1.23 bits per heavy atom. The van der Waals surface area contributed by atoms with Crippen molar-refractivity contribution in [1.29, 1.82) is 0 Å². The van der Waals surface area contributed by atoms with Gasteiger partial charge < -0.3 is 20.2 Å². The molecule has 0 aromatic heterocycles. The van der Waals surface area contributed by atoms with Gasteiger partial charge in [0.05, 0.1) is 11.6 Å². The second kappa shape index (κ2) is 6.95. The number of carboxylic acids is 1. The maximum Gasteiger partial charge on any atom is 0.335 e. The van der Waals surface area contributed by atoms with E-state index in [0.29, 0.717) is 11.4 Å². The minimum Gasteiger partial charge on any atom is -0.478 e. The van der Waals surface area contributed by atoms with Gasteiger partial charge in [0.15, 0.2) is 5.75 Å². The number of likely N-dealkylation sites (N-methyl/N-ethyl adjacent to an activating group) is 1. The van der Waals surface area contributed by atoms with E-state index in [1.807, 2.05) is 43.4 Å². The first-order chi connectivity index (χ1) is 12.0. The first-order valence-electron chi connectivity index (χ1n) is 8.28. The first-order valence-corrected chi connectivity index (χ1v) is 8.28. The molecule has 0 aliphatic carbocycles. The predicted octanol–water partition coefficient (Wildman–Crippen LogP) is 2.48. The molecule has 2 heterocycles. The van der Waals surface area contributed by atoms with E-state index in [4.69, 9.17) is 9.57 Å². The molecule has 0 amide bonds. The number of carboxylic acid groups (broad SMARTS) is 1. The monoisotopic (exact) mass is 358 g/mol. The number of fused-ring (bicyclic) bond motifs is 5. The number of hydrogen-bond donors (Lipinski definition) is 1. The summed E-state index contributed by atoms with van der Waals surface area (Å²) in [5, 5.41) is 11.2. The number of rotatable bonds is 3. The summed E-state index contributed by atoms with van der Waals surface area (Å²) < 4.78 is 6.06. The number of hydroxylamine groups is 1. The van der Waals surface area contributed by atoms with Gasteiger partial charge in [-0.2, -0.15) is 0 Å². The third-order valence-corrected chi connectivity index (χ3v) is 4.54. The Hall–Kier alpha value is -2.61. The molecule has 2 atom stereocenters. The predicted molar refractivity (Wildman–Crippen MR) is 96.8 cm³/mol. The molecule has 2 aliphatic heterocycles. The molecular formula is C19H22N2O5. The highest BCUT2D eigenvalue weighted by Crippen LogP contribution is 2.49. The van der Waals surface area contributed by atoms with Gasteiger partial charge in [0.1, 0.15) is 17.5 Å². The summed E-state index contributed by atoms with van der Waals surface area (Å²) in [5.41, 5.74) is 1.92. The molecule has 0 radical (unpaired) electrons. The summed E-state index contributed by atoms with van der Waals surface area (Å²) in [6.45, 7) is 0.796. The van der Waals surface area contributed by atoms with E-state index in [-0.39, 0.29) is 23.2 Å². The fraction of sp³-hybridized carbons (Fsp3) is 0.316. The molecule has 0 bridgehead atoms. The van der Waals surface area contributed by atoms with Crippen molar-refractivity contribution in [2.24, 2.45) is 0 Å². The van der Waals surface area contributed by atoms with Crippen molar-refractivity contribution in [2.45, 2.75) is 18.6 Å². The highest BCUT2D eigenvalue weighted by molar-refractivity contribution is 5.89. The van der Waals surface area contributed by atoms with Crippen molar-refractivity contribution >= 4 is 11.7 Å². The van der Waals surface area contributed by atoms with Crippen molar-refractivity contribution in [3.05, 3.63) is 53.6 Å². The Kier molecular flexibility index (Phi) is 4.86. The Labute approximate surface area is 151 Å². The van der Waals surface area contributed by atoms with Crippen molar-refractivity contribution < 1.29 is 25.0 Å². The Balaban J connectivity index is 0.00000196. The van der Waals surface area contributed by atoms with Gasteiger partial charge in [-0.15, -0.1) is 0 Å². The average molecular weight is 358 g/mol. The molecule has 7 nitrogen and oxygen atoms in total. The Morgan fingerprint density at radius 3 is 2.73 bits per heavy atom. The van der Waals surface area contributed by atoms with Crippen LogP contribution in [0.1, 0.15) is 28.4 Å². The van der Waals surface area contributed by atoms with Gasteiger partial charge in [-0.1, -0.05) is 18.2 Å². The van der Waals surface area contributed by atoms with Crippen LogP contribution in [0.25, 0.3) is 0 Å². The molecule has 7 heteroatoms. The van der Waals surface area contributed by atoms with Crippen LogP contribution in [0.3, 0.4) is 0 Å². The lowest BCUT2D eigenvalue weighted by atomic mass is 10.0. The van der Waals surface area contributed by atoms with E-state index in [9.17, 15) is 9.90 Å². The van der Waals surface area contributed by atoms with Gasteiger partial charge in [0.25, 0.3) is 0 Å². The average Bonchev–Trinajstić information content (AvgIpc) is 2.93. The molecular weight excluding hydrogens is 336 g/mol. The normalized spacial score (nSPS) is 20.3. The van der Waals surface area contributed by atoms with Crippen molar-refractivity contribution in [1.82, 2.24) is 4.90 Å². The summed E-state index contributed by atoms with van der Waals surface area (Å²) in [4.78, 5) is 19.7. The van der Waals surface area contributed by atoms with Crippen LogP contribution in [0.15, 0.2) is 42.5 Å². The number of para-hydroxylation sites is 1. The highest BCUT2D eigenvalue weighted by atomic mass is 16.7. The molecule has 3 N–H and O–H groups in total. The zero-order valence-electron chi connectivity index (χ0n) is 14.7. The van der Waals surface area contributed by atoms with E-state index >= 15 is 0 Å². The van der Waals surface area contributed by atoms with E-state index in [1.54, 1.807) is 18.2 Å². The van der Waals surface area contributed by atoms with Crippen LogP contribution in [0.5, 0.6) is 11.5 Å². The molecule has 26 heavy (non-hydrogen) atoms. The second-order valence-corrected chi connectivity index (χ2v) is 6.69. The quantitative estimate of drug-likeness (QED) is 0.906. The Bertz CT molecular complexity index is 823. The summed E-state index contributed by atoms with van der Waals surface area (Å²) in [5.74, 6) is 0.420. The third kappa shape index (κ3) is 3.12. The zero-order chi connectivity index (χ0) is 17.6. The van der Waals surface area contributed by atoms with E-state index in [0.717, 1.165) is 24.3 Å². The number of anilines is 1. The largest absolute Gasteiger partial charge is 0.478 e. The molecule has 0 saturated carbocycles. The van der Waals surface area contributed by atoms with Gasteiger partial charge >= 0.3 is 5.97 Å². The topological polar surface area (TPSA) is 93.7 Å². The number of benzene rings is 2. The third-order valence-electron chi connectivity index (χ3n) is 4.54. The van der Waals surface area contributed by atoms with E-state index in [2.05, 4.69) is 4.90 Å². The molecule has 1 saturated heterocycles. The zero-order valence-corrected chi connectivity index (χ0v) is 14.7. The van der Waals surface area contributed by atoms with Crippen LogP contribution in [0.4, 0.5) is 5.69 Å². The van der Waals surface area contributed by atoms with E-state index in [1.165, 1.54) is 0 Å². The number of nitrogens with zero attached hydrogens (tertiary/aromatic N) is 2. The number of carbonyl (C=O) groups is 1. The summed E-state index contributed by atoms with van der Waals surface area (Å²) in [7, 11) is 4.03. The van der Waals surface area contributed by atoms with Crippen LogP contribution >= 0.6 is 0 Å². The molecule has 2 aromatic rings. The molecule has 4 rings (SSSR count). The van der Waals surface area contributed by atoms with Crippen LogP contribution in [0.2, 0.25) is 0 Å². The van der Waals surface area contributed by atoms with Gasteiger partial charge in [0.2, 0.25) is 0 Å². The number of aromatic carboxylic acids is 1. The van der Waals surface area contributed by atoms with Crippen LogP contribution in [-0.2, 0) is 4.84 Å². The maximum absolute atomic E-state index is 11.4. The number of hydrogen-bond acceptors (Lipinski definition) is 5. The highest BCUT2D eigenvalue weighted by Gasteiger charge is 2.40. The van der Waals surface area contributed by atoms with Crippen molar-refractivity contribution in [3.8, 4) is 11.5 Å². The lowest BCUT2D eigenvalue weighted by Crippen LogP contribution is -2.27. The van der Waals surface area contributed by atoms with Crippen LogP contribution < -0.4 is 9.80 Å². The van der Waals surface area contributed by atoms with Gasteiger partial charge in [-0.25, -0.2) is 9.86 Å². The lowest BCUT2D eigenvalue weighted by molar-refractivity contribution is 0.0647. The van der Waals surface area contributed by atoms with Crippen LogP contribution in [0, 0.1) is 0 Å². The Morgan fingerprint density at radius 2 is 2.00 bits per heavy atom. The fourth-order valence-electron chi connectivity index (χ4n) is 3.49. The van der Waals surface area contributed by atoms with Gasteiger partial charge in [-0.3, -0.25) is 4.84 Å².